The molecule has 3 aromatic rings. The number of hydrogen-bond acceptors (Lipinski definition) is 5. The molecule has 6 nitrogen and oxygen atoms in total. The number of hydrogen-bond donors (Lipinski definition) is 2. The number of anilines is 3. The lowest BCUT2D eigenvalue weighted by molar-refractivity contribution is 0.102. The highest BCUT2D eigenvalue weighted by Crippen LogP contribution is 2.32. The van der Waals surface area contributed by atoms with Gasteiger partial charge in [-0.25, -0.2) is 4.98 Å². The molecule has 1 aromatic heterocycles. The van der Waals surface area contributed by atoms with Gasteiger partial charge in [0, 0.05) is 17.4 Å². The van der Waals surface area contributed by atoms with Crippen molar-refractivity contribution in [1.29, 1.82) is 0 Å². The van der Waals surface area contributed by atoms with E-state index in [0.29, 0.717) is 36.1 Å². The highest BCUT2D eigenvalue weighted by molar-refractivity contribution is 6.03. The van der Waals surface area contributed by atoms with Crippen molar-refractivity contribution in [2.75, 3.05) is 23.8 Å². The molecule has 0 unspecified atom stereocenters. The van der Waals surface area contributed by atoms with Crippen LogP contribution >= 0.6 is 0 Å². The predicted octanol–water partition coefficient (Wildman–Crippen LogP) is 4.41. The Morgan fingerprint density at radius 2 is 1.64 bits per heavy atom. The maximum absolute atomic E-state index is 12.5. The third-order valence-corrected chi connectivity index (χ3v) is 4.45. The average molecular weight is 375 g/mol. The third kappa shape index (κ3) is 4.06. The fourth-order valence-electron chi connectivity index (χ4n) is 2.91. The zero-order valence-corrected chi connectivity index (χ0v) is 15.6. The van der Waals surface area contributed by atoms with Crippen LogP contribution in [0.5, 0.6) is 11.5 Å². The van der Waals surface area contributed by atoms with Crippen LogP contribution in [-0.2, 0) is 6.42 Å². The molecular formula is C22H21N3O3. The summed E-state index contributed by atoms with van der Waals surface area (Å²) in [6, 6.07) is 17.1. The van der Waals surface area contributed by atoms with Gasteiger partial charge in [-0.3, -0.25) is 4.79 Å². The van der Waals surface area contributed by atoms with Crippen LogP contribution in [0.4, 0.5) is 17.1 Å². The first kappa shape index (κ1) is 17.9. The molecule has 1 aliphatic heterocycles. The van der Waals surface area contributed by atoms with Crippen LogP contribution < -0.4 is 20.1 Å². The van der Waals surface area contributed by atoms with Crippen LogP contribution in [0.25, 0.3) is 0 Å². The van der Waals surface area contributed by atoms with Gasteiger partial charge >= 0.3 is 0 Å². The lowest BCUT2D eigenvalue weighted by atomic mass is 10.1. The molecule has 6 heteroatoms. The van der Waals surface area contributed by atoms with E-state index < -0.39 is 0 Å². The van der Waals surface area contributed by atoms with Gasteiger partial charge in [0.2, 0.25) is 0 Å². The van der Waals surface area contributed by atoms with Crippen molar-refractivity contribution in [3.05, 3.63) is 72.1 Å². The monoisotopic (exact) mass is 375 g/mol. The van der Waals surface area contributed by atoms with Gasteiger partial charge in [0.1, 0.15) is 18.9 Å². The second-order valence-corrected chi connectivity index (χ2v) is 6.42. The van der Waals surface area contributed by atoms with Crippen LogP contribution in [0.3, 0.4) is 0 Å². The number of nitrogens with zero attached hydrogens (tertiary/aromatic N) is 1. The van der Waals surface area contributed by atoms with Crippen molar-refractivity contribution < 1.29 is 14.3 Å². The molecule has 4 rings (SSSR count). The summed E-state index contributed by atoms with van der Waals surface area (Å²) in [5.41, 5.74) is 4.05. The van der Waals surface area contributed by atoms with Crippen molar-refractivity contribution in [3.8, 4) is 11.5 Å². The largest absolute Gasteiger partial charge is 0.486 e. The first-order chi connectivity index (χ1) is 13.7. The molecule has 2 N–H and O–H groups in total. The van der Waals surface area contributed by atoms with Gasteiger partial charge in [-0.15, -0.1) is 0 Å². The number of carbonyl (C=O) groups excluding carboxylic acids is 1. The molecule has 0 bridgehead atoms. The molecule has 28 heavy (non-hydrogen) atoms. The topological polar surface area (TPSA) is 72.5 Å². The summed E-state index contributed by atoms with van der Waals surface area (Å²) >= 11 is 0. The molecule has 0 saturated heterocycles. The molecule has 142 valence electrons. The van der Waals surface area contributed by atoms with Crippen LogP contribution in [0.2, 0.25) is 0 Å². The standard InChI is InChI=1S/C22H21N3O3/c1-2-15-3-5-16(6-4-15)24-18-7-9-19(23-14-18)22(26)25-17-8-10-20-21(13-17)28-12-11-27-20/h3-10,13-14,24H,2,11-12H2,1H3,(H,25,26). The van der Waals surface area contributed by atoms with Gasteiger partial charge < -0.3 is 20.1 Å². The zero-order chi connectivity index (χ0) is 19.3. The van der Waals surface area contributed by atoms with E-state index in [1.165, 1.54) is 5.56 Å². The number of aryl methyl sites for hydroxylation is 1. The van der Waals surface area contributed by atoms with Crippen LogP contribution in [0, 0.1) is 0 Å². The Bertz CT molecular complexity index is 969. The Labute approximate surface area is 163 Å². The molecule has 0 spiro atoms. The second kappa shape index (κ2) is 8.00. The third-order valence-electron chi connectivity index (χ3n) is 4.45. The number of ether oxygens (including phenoxy) is 2. The molecule has 0 saturated carbocycles. The summed E-state index contributed by atoms with van der Waals surface area (Å²) in [4.78, 5) is 16.7. The SMILES string of the molecule is CCc1ccc(Nc2ccc(C(=O)Nc3ccc4c(c3)OCCO4)nc2)cc1. The number of fused-ring (bicyclic) bond motifs is 1. The van der Waals surface area contributed by atoms with Crippen molar-refractivity contribution in [1.82, 2.24) is 4.98 Å². The lowest BCUT2D eigenvalue weighted by Gasteiger charge is -2.19. The second-order valence-electron chi connectivity index (χ2n) is 6.42. The summed E-state index contributed by atoms with van der Waals surface area (Å²) in [5.74, 6) is 1.03. The molecule has 0 atom stereocenters. The number of aromatic nitrogens is 1. The molecule has 0 aliphatic carbocycles. The Morgan fingerprint density at radius 3 is 2.36 bits per heavy atom. The van der Waals surface area contributed by atoms with Crippen LogP contribution in [-0.4, -0.2) is 24.1 Å². The van der Waals surface area contributed by atoms with Crippen LogP contribution in [0.15, 0.2) is 60.8 Å². The minimum absolute atomic E-state index is 0.282. The van der Waals surface area contributed by atoms with Gasteiger partial charge in [-0.05, 0) is 48.4 Å². The predicted molar refractivity (Wildman–Crippen MR) is 109 cm³/mol. The van der Waals surface area contributed by atoms with Gasteiger partial charge in [-0.2, -0.15) is 0 Å². The molecule has 2 heterocycles. The smallest absolute Gasteiger partial charge is 0.274 e. The molecular weight excluding hydrogens is 354 g/mol. The van der Waals surface area contributed by atoms with E-state index in [2.05, 4.69) is 34.7 Å². The Hall–Kier alpha value is -3.54. The Kier molecular flexibility index (Phi) is 5.10. The highest BCUT2D eigenvalue weighted by Gasteiger charge is 2.14. The molecule has 1 amide bonds. The highest BCUT2D eigenvalue weighted by atomic mass is 16.6. The molecule has 1 aliphatic rings. The summed E-state index contributed by atoms with van der Waals surface area (Å²) < 4.78 is 11.0. The first-order valence-corrected chi connectivity index (χ1v) is 9.24. The van der Waals surface area contributed by atoms with Crippen molar-refractivity contribution in [3.63, 3.8) is 0 Å². The van der Waals surface area contributed by atoms with E-state index >= 15 is 0 Å². The quantitative estimate of drug-likeness (QED) is 0.691. The molecule has 2 aromatic carbocycles. The Balaban J connectivity index is 1.40. The number of rotatable bonds is 5. The number of nitrogens with one attached hydrogen (secondary N) is 2. The summed E-state index contributed by atoms with van der Waals surface area (Å²) in [7, 11) is 0. The van der Waals surface area contributed by atoms with Gasteiger partial charge in [-0.1, -0.05) is 19.1 Å². The zero-order valence-electron chi connectivity index (χ0n) is 15.6. The average Bonchev–Trinajstić information content (AvgIpc) is 2.75. The minimum Gasteiger partial charge on any atom is -0.486 e. The summed E-state index contributed by atoms with van der Waals surface area (Å²) in [6.07, 6.45) is 2.65. The minimum atomic E-state index is -0.282. The van der Waals surface area contributed by atoms with Crippen LogP contribution in [0.1, 0.15) is 23.0 Å². The molecule has 0 fully saturated rings. The Morgan fingerprint density at radius 1 is 0.929 bits per heavy atom. The van der Waals surface area contributed by atoms with Gasteiger partial charge in [0.05, 0.1) is 11.9 Å². The van der Waals surface area contributed by atoms with Crippen molar-refractivity contribution in [2.45, 2.75) is 13.3 Å². The van der Waals surface area contributed by atoms with E-state index in [-0.39, 0.29) is 5.91 Å². The molecule has 0 radical (unpaired) electrons. The fourth-order valence-corrected chi connectivity index (χ4v) is 2.91. The maximum atomic E-state index is 12.5. The van der Waals surface area contributed by atoms with E-state index in [1.807, 2.05) is 18.2 Å². The summed E-state index contributed by atoms with van der Waals surface area (Å²) in [6.45, 7) is 3.16. The van der Waals surface area contributed by atoms with Gasteiger partial charge in [0.15, 0.2) is 11.5 Å². The van der Waals surface area contributed by atoms with Gasteiger partial charge in [0.25, 0.3) is 5.91 Å². The van der Waals surface area contributed by atoms with E-state index in [9.17, 15) is 4.79 Å². The summed E-state index contributed by atoms with van der Waals surface area (Å²) in [5, 5.41) is 6.11. The maximum Gasteiger partial charge on any atom is 0.274 e. The fraction of sp³-hybridized carbons (Fsp3) is 0.182. The van der Waals surface area contributed by atoms with Crippen molar-refractivity contribution >= 4 is 23.0 Å². The number of amides is 1. The normalized spacial score (nSPS) is 12.3. The number of carbonyl (C=O) groups is 1. The number of pyridine rings is 1. The van der Waals surface area contributed by atoms with E-state index in [4.69, 9.17) is 9.47 Å². The first-order valence-electron chi connectivity index (χ1n) is 9.24. The number of benzene rings is 2. The lowest BCUT2D eigenvalue weighted by Crippen LogP contribution is -2.17. The van der Waals surface area contributed by atoms with Crippen molar-refractivity contribution in [2.24, 2.45) is 0 Å². The van der Waals surface area contributed by atoms with E-state index in [1.54, 1.807) is 30.5 Å². The van der Waals surface area contributed by atoms with E-state index in [0.717, 1.165) is 17.8 Å².